The third-order valence-electron chi connectivity index (χ3n) is 5.24. The highest BCUT2D eigenvalue weighted by Crippen LogP contribution is 2.24. The topological polar surface area (TPSA) is 60.8 Å². The van der Waals surface area contributed by atoms with E-state index in [4.69, 9.17) is 9.47 Å². The summed E-state index contributed by atoms with van der Waals surface area (Å²) in [7, 11) is 4.80. The Hall–Kier alpha value is -4.06. The molecular formula is C25H22N2O4. The fourth-order valence-electron chi connectivity index (χ4n) is 3.49. The van der Waals surface area contributed by atoms with Crippen LogP contribution in [0.5, 0.6) is 11.5 Å². The first kappa shape index (κ1) is 20.2. The fourth-order valence-corrected chi connectivity index (χ4v) is 3.49. The molecule has 0 saturated carbocycles. The third-order valence-corrected chi connectivity index (χ3v) is 5.24. The van der Waals surface area contributed by atoms with Crippen LogP contribution in [0.15, 0.2) is 83.8 Å². The molecule has 0 fully saturated rings. The molecule has 1 aromatic heterocycles. The Morgan fingerprint density at radius 3 is 2.16 bits per heavy atom. The summed E-state index contributed by atoms with van der Waals surface area (Å²) in [5, 5.41) is 0.405. The largest absolute Gasteiger partial charge is 0.497 e. The second-order valence-electron chi connectivity index (χ2n) is 7.02. The number of fused-ring (bicyclic) bond motifs is 1. The second-order valence-corrected chi connectivity index (χ2v) is 7.02. The van der Waals surface area contributed by atoms with Crippen molar-refractivity contribution in [3.63, 3.8) is 0 Å². The number of benzene rings is 3. The molecule has 4 aromatic rings. The summed E-state index contributed by atoms with van der Waals surface area (Å²) in [6.07, 6.45) is 1.60. The first-order chi connectivity index (χ1) is 15.0. The summed E-state index contributed by atoms with van der Waals surface area (Å²) >= 11 is 0. The van der Waals surface area contributed by atoms with Gasteiger partial charge in [0.2, 0.25) is 5.43 Å². The van der Waals surface area contributed by atoms with Crippen molar-refractivity contribution in [1.29, 1.82) is 0 Å². The van der Waals surface area contributed by atoms with Gasteiger partial charge in [-0.2, -0.15) is 0 Å². The van der Waals surface area contributed by atoms with Crippen LogP contribution in [0.3, 0.4) is 0 Å². The van der Waals surface area contributed by atoms with Crippen molar-refractivity contribution in [3.05, 3.63) is 94.8 Å². The van der Waals surface area contributed by atoms with Gasteiger partial charge in [0.15, 0.2) is 0 Å². The zero-order valence-corrected chi connectivity index (χ0v) is 17.5. The molecule has 4 rings (SSSR count). The normalized spacial score (nSPS) is 10.7. The van der Waals surface area contributed by atoms with E-state index in [-0.39, 0.29) is 16.9 Å². The molecule has 156 valence electrons. The van der Waals surface area contributed by atoms with Crippen molar-refractivity contribution in [2.24, 2.45) is 0 Å². The van der Waals surface area contributed by atoms with E-state index in [9.17, 15) is 9.59 Å². The molecule has 0 aliphatic heterocycles. The van der Waals surface area contributed by atoms with Crippen molar-refractivity contribution < 1.29 is 14.3 Å². The Morgan fingerprint density at radius 2 is 1.52 bits per heavy atom. The number of carbonyl (C=O) groups excluding carboxylic acids is 1. The number of aromatic nitrogens is 1. The Labute approximate surface area is 179 Å². The monoisotopic (exact) mass is 414 g/mol. The predicted molar refractivity (Wildman–Crippen MR) is 122 cm³/mol. The first-order valence-electron chi connectivity index (χ1n) is 9.74. The number of amides is 1. The van der Waals surface area contributed by atoms with Gasteiger partial charge in [-0.25, -0.2) is 0 Å². The van der Waals surface area contributed by atoms with Crippen LogP contribution in [0.4, 0.5) is 5.69 Å². The van der Waals surface area contributed by atoms with Gasteiger partial charge < -0.3 is 18.9 Å². The minimum atomic E-state index is -0.386. The summed E-state index contributed by atoms with van der Waals surface area (Å²) in [6.45, 7) is 0. The number of ether oxygens (including phenoxy) is 2. The number of para-hydroxylation sites is 1. The van der Waals surface area contributed by atoms with Crippen molar-refractivity contribution in [1.82, 2.24) is 4.57 Å². The van der Waals surface area contributed by atoms with Crippen LogP contribution in [0.1, 0.15) is 10.4 Å². The molecule has 1 heterocycles. The maximum Gasteiger partial charge on any atom is 0.263 e. The van der Waals surface area contributed by atoms with Crippen LogP contribution in [0.25, 0.3) is 16.6 Å². The van der Waals surface area contributed by atoms with Gasteiger partial charge in [0.05, 0.1) is 25.1 Å². The van der Waals surface area contributed by atoms with Crippen LogP contribution >= 0.6 is 0 Å². The minimum absolute atomic E-state index is 0.0722. The van der Waals surface area contributed by atoms with Gasteiger partial charge in [-0.1, -0.05) is 18.2 Å². The smallest absolute Gasteiger partial charge is 0.263 e. The van der Waals surface area contributed by atoms with Crippen LogP contribution in [0.2, 0.25) is 0 Å². The summed E-state index contributed by atoms with van der Waals surface area (Å²) in [4.78, 5) is 28.1. The first-order valence-corrected chi connectivity index (χ1v) is 9.74. The number of pyridine rings is 1. The molecule has 0 aliphatic rings. The lowest BCUT2D eigenvalue weighted by atomic mass is 10.1. The lowest BCUT2D eigenvalue weighted by Crippen LogP contribution is -2.31. The molecule has 1 amide bonds. The van der Waals surface area contributed by atoms with Gasteiger partial charge in [-0.3, -0.25) is 9.59 Å². The van der Waals surface area contributed by atoms with Gasteiger partial charge in [0.25, 0.3) is 5.91 Å². The molecular weight excluding hydrogens is 392 g/mol. The highest BCUT2D eigenvalue weighted by atomic mass is 16.5. The van der Waals surface area contributed by atoms with E-state index in [1.807, 2.05) is 65.2 Å². The molecule has 0 saturated heterocycles. The van der Waals surface area contributed by atoms with E-state index in [2.05, 4.69) is 0 Å². The number of anilines is 1. The summed E-state index contributed by atoms with van der Waals surface area (Å²) < 4.78 is 12.4. The maximum atomic E-state index is 13.3. The van der Waals surface area contributed by atoms with Crippen molar-refractivity contribution in [2.45, 2.75) is 0 Å². The molecule has 0 N–H and O–H groups in total. The molecule has 0 radical (unpaired) electrons. The Bertz CT molecular complexity index is 1300. The molecule has 31 heavy (non-hydrogen) atoms. The van der Waals surface area contributed by atoms with E-state index in [0.717, 1.165) is 11.4 Å². The molecule has 0 atom stereocenters. The lowest BCUT2D eigenvalue weighted by molar-refractivity contribution is 0.0991. The van der Waals surface area contributed by atoms with Gasteiger partial charge in [0, 0.05) is 24.6 Å². The van der Waals surface area contributed by atoms with Gasteiger partial charge in [-0.15, -0.1) is 0 Å². The molecule has 0 unspecified atom stereocenters. The SMILES string of the molecule is COc1ccc(-n2cc(C(=O)N(C)c3ccccc3)c(=O)c3cc(OC)ccc32)cc1. The van der Waals surface area contributed by atoms with Gasteiger partial charge >= 0.3 is 0 Å². The number of hydrogen-bond acceptors (Lipinski definition) is 4. The number of nitrogens with zero attached hydrogens (tertiary/aromatic N) is 2. The van der Waals surface area contributed by atoms with E-state index < -0.39 is 0 Å². The molecule has 3 aromatic carbocycles. The molecule has 0 bridgehead atoms. The van der Waals surface area contributed by atoms with Gasteiger partial charge in [-0.05, 0) is 54.6 Å². The van der Waals surface area contributed by atoms with E-state index in [1.54, 1.807) is 39.6 Å². The van der Waals surface area contributed by atoms with Crippen LogP contribution in [0, 0.1) is 0 Å². The van der Waals surface area contributed by atoms with E-state index in [1.165, 1.54) is 4.90 Å². The highest BCUT2D eigenvalue weighted by Gasteiger charge is 2.21. The Kier molecular flexibility index (Phi) is 5.45. The molecule has 6 nitrogen and oxygen atoms in total. The van der Waals surface area contributed by atoms with Crippen LogP contribution < -0.4 is 19.8 Å². The third kappa shape index (κ3) is 3.75. The highest BCUT2D eigenvalue weighted by molar-refractivity contribution is 6.07. The Balaban J connectivity index is 1.93. The number of carbonyl (C=O) groups is 1. The summed E-state index contributed by atoms with van der Waals surface area (Å²) in [6, 6.07) is 21.9. The molecule has 0 spiro atoms. The van der Waals surface area contributed by atoms with Crippen molar-refractivity contribution in [3.8, 4) is 17.2 Å². The summed E-state index contributed by atoms with van der Waals surface area (Å²) in [5.41, 5.74) is 1.91. The molecule has 6 heteroatoms. The quantitative estimate of drug-likeness (QED) is 0.489. The fraction of sp³-hybridized carbons (Fsp3) is 0.120. The minimum Gasteiger partial charge on any atom is -0.497 e. The maximum absolute atomic E-state index is 13.3. The van der Waals surface area contributed by atoms with E-state index >= 15 is 0 Å². The standard InChI is InChI=1S/C25H22N2O4/c1-26(17-7-5-4-6-8-17)25(29)22-16-27(18-9-11-19(30-2)12-10-18)23-14-13-20(31-3)15-21(23)24(22)28/h4-16H,1-3H3. The average molecular weight is 414 g/mol. The van der Waals surface area contributed by atoms with E-state index in [0.29, 0.717) is 22.3 Å². The predicted octanol–water partition coefficient (Wildman–Crippen LogP) is 4.28. The Morgan fingerprint density at radius 1 is 0.871 bits per heavy atom. The summed E-state index contributed by atoms with van der Waals surface area (Å²) in [5.74, 6) is 0.881. The van der Waals surface area contributed by atoms with Gasteiger partial charge in [0.1, 0.15) is 17.1 Å². The zero-order chi connectivity index (χ0) is 22.0. The molecule has 0 aliphatic carbocycles. The second kappa shape index (κ2) is 8.36. The van der Waals surface area contributed by atoms with Crippen molar-refractivity contribution in [2.75, 3.05) is 26.2 Å². The van der Waals surface area contributed by atoms with Crippen LogP contribution in [-0.2, 0) is 0 Å². The average Bonchev–Trinajstić information content (AvgIpc) is 2.84. The zero-order valence-electron chi connectivity index (χ0n) is 17.5. The van der Waals surface area contributed by atoms with Crippen molar-refractivity contribution >= 4 is 22.5 Å². The number of rotatable bonds is 5. The lowest BCUT2D eigenvalue weighted by Gasteiger charge is -2.19. The number of methoxy groups -OCH3 is 2. The van der Waals surface area contributed by atoms with Crippen LogP contribution in [-0.4, -0.2) is 31.7 Å². The number of hydrogen-bond donors (Lipinski definition) is 0.